The molecule has 0 radical (unpaired) electrons. The second-order valence-electron chi connectivity index (χ2n) is 5.94. The fourth-order valence-electron chi connectivity index (χ4n) is 3.09. The molecule has 112 valence electrons. The van der Waals surface area contributed by atoms with Crippen LogP contribution in [0, 0.1) is 0 Å². The highest BCUT2D eigenvalue weighted by Crippen LogP contribution is 2.23. The summed E-state index contributed by atoms with van der Waals surface area (Å²) in [4.78, 5) is 25.9. The molecule has 0 aliphatic carbocycles. The molecule has 5 nitrogen and oxygen atoms in total. The van der Waals surface area contributed by atoms with Gasteiger partial charge in [-0.2, -0.15) is 0 Å². The van der Waals surface area contributed by atoms with Crippen molar-refractivity contribution in [3.05, 3.63) is 29.3 Å². The number of piperidine rings is 1. The molecule has 0 bridgehead atoms. The van der Waals surface area contributed by atoms with Gasteiger partial charge in [0.05, 0.1) is 6.42 Å². The van der Waals surface area contributed by atoms with E-state index in [-0.39, 0.29) is 11.8 Å². The lowest BCUT2D eigenvalue weighted by Crippen LogP contribution is -2.44. The number of nitrogens with zero attached hydrogens (tertiary/aromatic N) is 1. The third-order valence-corrected chi connectivity index (χ3v) is 4.41. The molecular weight excluding hydrogens is 266 g/mol. The molecule has 2 heterocycles. The summed E-state index contributed by atoms with van der Waals surface area (Å²) < 4.78 is 0. The van der Waals surface area contributed by atoms with Crippen molar-refractivity contribution in [3.8, 4) is 0 Å². The average Bonchev–Trinajstić information content (AvgIpc) is 2.85. The van der Waals surface area contributed by atoms with Gasteiger partial charge < -0.3 is 15.5 Å². The summed E-state index contributed by atoms with van der Waals surface area (Å²) >= 11 is 0. The number of hydrogen-bond donors (Lipinski definition) is 2. The molecule has 2 N–H and O–H groups in total. The Morgan fingerprint density at radius 3 is 3.10 bits per heavy atom. The number of carbonyl (C=O) groups is 2. The largest absolute Gasteiger partial charge is 0.350 e. The Balaban J connectivity index is 1.61. The quantitative estimate of drug-likeness (QED) is 0.883. The fourth-order valence-corrected chi connectivity index (χ4v) is 3.09. The number of carbonyl (C=O) groups excluding carboxylic acids is 2. The summed E-state index contributed by atoms with van der Waals surface area (Å²) in [7, 11) is 2.11. The summed E-state index contributed by atoms with van der Waals surface area (Å²) in [5.41, 5.74) is 2.36. The first kappa shape index (κ1) is 14.1. The van der Waals surface area contributed by atoms with E-state index in [1.54, 1.807) is 6.07 Å². The summed E-state index contributed by atoms with van der Waals surface area (Å²) in [6.45, 7) is 1.79. The summed E-state index contributed by atoms with van der Waals surface area (Å²) in [6, 6.07) is 5.82. The van der Waals surface area contributed by atoms with Crippen molar-refractivity contribution in [3.63, 3.8) is 0 Å². The van der Waals surface area contributed by atoms with E-state index in [0.717, 1.165) is 24.2 Å². The Hall–Kier alpha value is -1.88. The second-order valence-corrected chi connectivity index (χ2v) is 5.94. The minimum atomic E-state index is -0.0591. The van der Waals surface area contributed by atoms with Crippen LogP contribution in [0.1, 0.15) is 35.2 Å². The van der Waals surface area contributed by atoms with E-state index in [0.29, 0.717) is 24.6 Å². The van der Waals surface area contributed by atoms with E-state index in [9.17, 15) is 9.59 Å². The molecule has 3 rings (SSSR count). The zero-order valence-corrected chi connectivity index (χ0v) is 12.3. The van der Waals surface area contributed by atoms with E-state index in [1.807, 2.05) is 12.1 Å². The maximum absolute atomic E-state index is 12.2. The van der Waals surface area contributed by atoms with Crippen LogP contribution in [0.2, 0.25) is 0 Å². The standard InChI is InChI=1S/C16H21N3O2/c1-19-7-3-2-4-13(19)10-17-16(21)11-5-6-14-12(8-11)9-15(20)18-14/h5-6,8,13H,2-4,7,9-10H2,1H3,(H,17,21)(H,18,20). The van der Waals surface area contributed by atoms with Gasteiger partial charge in [0, 0.05) is 23.8 Å². The van der Waals surface area contributed by atoms with E-state index in [1.165, 1.54) is 12.8 Å². The molecule has 1 atom stereocenters. The van der Waals surface area contributed by atoms with Crippen LogP contribution >= 0.6 is 0 Å². The SMILES string of the molecule is CN1CCCCC1CNC(=O)c1ccc2c(c1)CC(=O)N2. The maximum atomic E-state index is 12.2. The average molecular weight is 287 g/mol. The second kappa shape index (κ2) is 5.85. The highest BCUT2D eigenvalue weighted by atomic mass is 16.2. The van der Waals surface area contributed by atoms with Crippen molar-refractivity contribution in [1.82, 2.24) is 10.2 Å². The van der Waals surface area contributed by atoms with Crippen LogP contribution in [0.3, 0.4) is 0 Å². The molecule has 0 saturated carbocycles. The third-order valence-electron chi connectivity index (χ3n) is 4.41. The van der Waals surface area contributed by atoms with Gasteiger partial charge in [0.25, 0.3) is 5.91 Å². The minimum Gasteiger partial charge on any atom is -0.350 e. The van der Waals surface area contributed by atoms with Crippen molar-refractivity contribution in [1.29, 1.82) is 0 Å². The number of hydrogen-bond acceptors (Lipinski definition) is 3. The van der Waals surface area contributed by atoms with Gasteiger partial charge in [0.1, 0.15) is 0 Å². The number of likely N-dealkylation sites (tertiary alicyclic amines) is 1. The first-order valence-corrected chi connectivity index (χ1v) is 7.55. The van der Waals surface area contributed by atoms with Gasteiger partial charge in [-0.1, -0.05) is 6.42 Å². The molecule has 1 aromatic carbocycles. The minimum absolute atomic E-state index is 0.00797. The smallest absolute Gasteiger partial charge is 0.251 e. The lowest BCUT2D eigenvalue weighted by molar-refractivity contribution is -0.115. The molecular formula is C16H21N3O2. The van der Waals surface area contributed by atoms with Crippen LogP contribution in [0.25, 0.3) is 0 Å². The van der Waals surface area contributed by atoms with Crippen LogP contribution in [0.15, 0.2) is 18.2 Å². The van der Waals surface area contributed by atoms with Crippen LogP contribution in [-0.2, 0) is 11.2 Å². The molecule has 2 aliphatic heterocycles. The van der Waals surface area contributed by atoms with Crippen molar-refractivity contribution >= 4 is 17.5 Å². The van der Waals surface area contributed by atoms with Crippen molar-refractivity contribution in [2.24, 2.45) is 0 Å². The van der Waals surface area contributed by atoms with Crippen LogP contribution in [-0.4, -0.2) is 42.9 Å². The monoisotopic (exact) mass is 287 g/mol. The van der Waals surface area contributed by atoms with E-state index < -0.39 is 0 Å². The zero-order valence-electron chi connectivity index (χ0n) is 12.3. The van der Waals surface area contributed by atoms with Gasteiger partial charge in [0.2, 0.25) is 5.91 Å². The molecule has 21 heavy (non-hydrogen) atoms. The number of likely N-dealkylation sites (N-methyl/N-ethyl adjacent to an activating group) is 1. The molecule has 1 fully saturated rings. The topological polar surface area (TPSA) is 61.4 Å². The van der Waals surface area contributed by atoms with E-state index >= 15 is 0 Å². The highest BCUT2D eigenvalue weighted by molar-refractivity contribution is 6.01. The van der Waals surface area contributed by atoms with Crippen molar-refractivity contribution in [2.75, 3.05) is 25.5 Å². The molecule has 0 spiro atoms. The lowest BCUT2D eigenvalue weighted by Gasteiger charge is -2.32. The van der Waals surface area contributed by atoms with E-state index in [2.05, 4.69) is 22.6 Å². The Kier molecular flexibility index (Phi) is 3.92. The highest BCUT2D eigenvalue weighted by Gasteiger charge is 2.21. The number of benzene rings is 1. The number of nitrogens with one attached hydrogen (secondary N) is 2. The van der Waals surface area contributed by atoms with Crippen LogP contribution in [0.4, 0.5) is 5.69 Å². The number of amides is 2. The van der Waals surface area contributed by atoms with Gasteiger partial charge in [-0.3, -0.25) is 9.59 Å². The summed E-state index contributed by atoms with van der Waals surface area (Å²) in [5.74, 6) is -0.0671. The van der Waals surface area contributed by atoms with E-state index in [4.69, 9.17) is 0 Å². The number of anilines is 1. The van der Waals surface area contributed by atoms with Crippen LogP contribution < -0.4 is 10.6 Å². The zero-order chi connectivity index (χ0) is 14.8. The molecule has 2 aliphatic rings. The summed E-state index contributed by atoms with van der Waals surface area (Å²) in [6.07, 6.45) is 3.98. The predicted octanol–water partition coefficient (Wildman–Crippen LogP) is 1.40. The lowest BCUT2D eigenvalue weighted by atomic mass is 10.0. The molecule has 1 aromatic rings. The number of fused-ring (bicyclic) bond motifs is 1. The third kappa shape index (κ3) is 3.08. The van der Waals surface area contributed by atoms with Gasteiger partial charge in [0.15, 0.2) is 0 Å². The first-order chi connectivity index (χ1) is 10.1. The number of rotatable bonds is 3. The molecule has 0 aromatic heterocycles. The molecule has 2 amide bonds. The Morgan fingerprint density at radius 1 is 1.43 bits per heavy atom. The first-order valence-electron chi connectivity index (χ1n) is 7.55. The van der Waals surface area contributed by atoms with Gasteiger partial charge >= 0.3 is 0 Å². The Bertz CT molecular complexity index is 571. The molecule has 5 heteroatoms. The molecule has 1 unspecified atom stereocenters. The molecule has 1 saturated heterocycles. The van der Waals surface area contributed by atoms with Gasteiger partial charge in [-0.15, -0.1) is 0 Å². The Labute approximate surface area is 124 Å². The van der Waals surface area contributed by atoms with Gasteiger partial charge in [-0.05, 0) is 50.2 Å². The van der Waals surface area contributed by atoms with Gasteiger partial charge in [-0.25, -0.2) is 0 Å². The fraction of sp³-hybridized carbons (Fsp3) is 0.500. The Morgan fingerprint density at radius 2 is 2.29 bits per heavy atom. The van der Waals surface area contributed by atoms with Crippen molar-refractivity contribution < 1.29 is 9.59 Å². The van der Waals surface area contributed by atoms with Crippen LogP contribution in [0.5, 0.6) is 0 Å². The normalized spacial score (nSPS) is 21.8. The summed E-state index contributed by atoms with van der Waals surface area (Å²) in [5, 5.41) is 5.79. The van der Waals surface area contributed by atoms with Crippen molar-refractivity contribution in [2.45, 2.75) is 31.7 Å². The maximum Gasteiger partial charge on any atom is 0.251 e. The predicted molar refractivity (Wildman–Crippen MR) is 81.4 cm³/mol.